The average Bonchev–Trinajstić information content (AvgIpc) is 3.13. The Kier molecular flexibility index (Phi) is 3.85. The summed E-state index contributed by atoms with van der Waals surface area (Å²) in [6.07, 6.45) is 1.66. The molecule has 0 radical (unpaired) electrons. The molecule has 2 atom stereocenters. The highest BCUT2D eigenvalue weighted by molar-refractivity contribution is 5.45. The number of rotatable bonds is 2. The van der Waals surface area contributed by atoms with Crippen molar-refractivity contribution in [3.8, 4) is 0 Å². The highest BCUT2D eigenvalue weighted by atomic mass is 15.3. The SMILES string of the molecule is Cc1cc(N2CC3CN(c4ccc(C(C)(C)C)nn4)CC3C2)ncn1. The maximum atomic E-state index is 4.48. The van der Waals surface area contributed by atoms with E-state index in [1.165, 1.54) is 0 Å². The molecule has 2 saturated heterocycles. The van der Waals surface area contributed by atoms with Crippen molar-refractivity contribution in [2.75, 3.05) is 36.0 Å². The van der Waals surface area contributed by atoms with Gasteiger partial charge in [-0.2, -0.15) is 5.10 Å². The van der Waals surface area contributed by atoms with Crippen molar-refractivity contribution in [1.29, 1.82) is 0 Å². The third-order valence-electron chi connectivity index (χ3n) is 5.34. The van der Waals surface area contributed by atoms with Gasteiger partial charge in [-0.3, -0.25) is 0 Å². The standard InChI is InChI=1S/C19H26N6/c1-13-7-18(21-12-20-13)25-10-14-8-24(9-15(14)11-25)17-6-5-16(22-23-17)19(2,3)4/h5-7,12,14-15H,8-11H2,1-4H3. The Morgan fingerprint density at radius 1 is 0.880 bits per heavy atom. The first-order valence-corrected chi connectivity index (χ1v) is 9.03. The molecule has 2 fully saturated rings. The maximum absolute atomic E-state index is 4.48. The number of aryl methyl sites for hydroxylation is 1. The molecule has 0 saturated carbocycles. The summed E-state index contributed by atoms with van der Waals surface area (Å²) in [5, 5.41) is 8.93. The Labute approximate surface area is 149 Å². The van der Waals surface area contributed by atoms with Gasteiger partial charge in [0.1, 0.15) is 12.1 Å². The lowest BCUT2D eigenvalue weighted by Crippen LogP contribution is -2.30. The number of anilines is 2. The van der Waals surface area contributed by atoms with Crippen molar-refractivity contribution in [3.63, 3.8) is 0 Å². The van der Waals surface area contributed by atoms with Gasteiger partial charge >= 0.3 is 0 Å². The van der Waals surface area contributed by atoms with Crippen molar-refractivity contribution < 1.29 is 0 Å². The second kappa shape index (κ2) is 5.93. The van der Waals surface area contributed by atoms with Crippen LogP contribution < -0.4 is 9.80 Å². The zero-order valence-electron chi connectivity index (χ0n) is 15.5. The van der Waals surface area contributed by atoms with Gasteiger partial charge in [-0.25, -0.2) is 9.97 Å². The van der Waals surface area contributed by atoms with Crippen LogP contribution in [0.5, 0.6) is 0 Å². The summed E-state index contributed by atoms with van der Waals surface area (Å²) in [7, 11) is 0. The van der Waals surface area contributed by atoms with E-state index in [0.29, 0.717) is 11.8 Å². The Bertz CT molecular complexity index is 737. The highest BCUT2D eigenvalue weighted by Crippen LogP contribution is 2.35. The van der Waals surface area contributed by atoms with Gasteiger partial charge in [0.15, 0.2) is 5.82 Å². The van der Waals surface area contributed by atoms with Gasteiger partial charge in [-0.05, 0) is 19.1 Å². The predicted octanol–water partition coefficient (Wildman–Crippen LogP) is 2.45. The number of aromatic nitrogens is 4. The van der Waals surface area contributed by atoms with Crippen LogP contribution >= 0.6 is 0 Å². The minimum Gasteiger partial charge on any atom is -0.356 e. The van der Waals surface area contributed by atoms with E-state index in [1.54, 1.807) is 6.33 Å². The number of nitrogens with zero attached hydrogens (tertiary/aromatic N) is 6. The van der Waals surface area contributed by atoms with Crippen molar-refractivity contribution in [1.82, 2.24) is 20.2 Å². The molecule has 4 rings (SSSR count). The second-order valence-corrected chi connectivity index (χ2v) is 8.37. The molecule has 4 heterocycles. The zero-order valence-corrected chi connectivity index (χ0v) is 15.5. The quantitative estimate of drug-likeness (QED) is 0.838. The summed E-state index contributed by atoms with van der Waals surface area (Å²) >= 11 is 0. The van der Waals surface area contributed by atoms with Gasteiger partial charge in [0, 0.05) is 55.2 Å². The average molecular weight is 338 g/mol. The Morgan fingerprint density at radius 3 is 2.04 bits per heavy atom. The zero-order chi connectivity index (χ0) is 17.6. The third kappa shape index (κ3) is 3.17. The summed E-state index contributed by atoms with van der Waals surface area (Å²) in [6.45, 7) is 12.7. The van der Waals surface area contributed by atoms with Crippen LogP contribution in [-0.2, 0) is 5.41 Å². The molecule has 2 aliphatic heterocycles. The maximum Gasteiger partial charge on any atom is 0.151 e. The van der Waals surface area contributed by atoms with E-state index in [2.05, 4.69) is 68.9 Å². The fourth-order valence-electron chi connectivity index (χ4n) is 3.87. The van der Waals surface area contributed by atoms with Crippen molar-refractivity contribution >= 4 is 11.6 Å². The molecule has 25 heavy (non-hydrogen) atoms. The number of hydrogen-bond acceptors (Lipinski definition) is 6. The van der Waals surface area contributed by atoms with Crippen LogP contribution in [0, 0.1) is 18.8 Å². The summed E-state index contributed by atoms with van der Waals surface area (Å²) in [5.74, 6) is 3.40. The smallest absolute Gasteiger partial charge is 0.151 e. The van der Waals surface area contributed by atoms with Gasteiger partial charge in [0.25, 0.3) is 0 Å². The van der Waals surface area contributed by atoms with Crippen molar-refractivity contribution in [2.45, 2.75) is 33.1 Å². The van der Waals surface area contributed by atoms with Crippen LogP contribution in [0.15, 0.2) is 24.5 Å². The Balaban J connectivity index is 1.42. The van der Waals surface area contributed by atoms with E-state index in [4.69, 9.17) is 0 Å². The molecule has 2 aliphatic rings. The molecule has 2 unspecified atom stereocenters. The minimum atomic E-state index is 0.0449. The summed E-state index contributed by atoms with van der Waals surface area (Å²) in [4.78, 5) is 13.4. The molecular formula is C19H26N6. The summed E-state index contributed by atoms with van der Waals surface area (Å²) in [6, 6.07) is 6.32. The fourth-order valence-corrected chi connectivity index (χ4v) is 3.87. The molecule has 0 N–H and O–H groups in total. The van der Waals surface area contributed by atoms with Gasteiger partial charge in [-0.1, -0.05) is 20.8 Å². The van der Waals surface area contributed by atoms with Crippen LogP contribution in [0.25, 0.3) is 0 Å². The normalized spacial score (nSPS) is 23.2. The van der Waals surface area contributed by atoms with Gasteiger partial charge in [-0.15, -0.1) is 5.10 Å². The minimum absolute atomic E-state index is 0.0449. The molecule has 0 spiro atoms. The molecule has 132 valence electrons. The first-order valence-electron chi connectivity index (χ1n) is 9.03. The van der Waals surface area contributed by atoms with Crippen molar-refractivity contribution in [3.05, 3.63) is 35.9 Å². The highest BCUT2D eigenvalue weighted by Gasteiger charge is 2.41. The topological polar surface area (TPSA) is 58.0 Å². The second-order valence-electron chi connectivity index (χ2n) is 8.37. The van der Waals surface area contributed by atoms with E-state index in [1.807, 2.05) is 6.92 Å². The monoisotopic (exact) mass is 338 g/mol. The lowest BCUT2D eigenvalue weighted by molar-refractivity contribution is 0.533. The lowest BCUT2D eigenvalue weighted by Gasteiger charge is -2.23. The summed E-state index contributed by atoms with van der Waals surface area (Å²) < 4.78 is 0. The predicted molar refractivity (Wildman–Crippen MR) is 98.9 cm³/mol. The van der Waals surface area contributed by atoms with Gasteiger partial charge < -0.3 is 9.80 Å². The molecular weight excluding hydrogens is 312 g/mol. The molecule has 6 nitrogen and oxygen atoms in total. The molecule has 0 aromatic carbocycles. The van der Waals surface area contributed by atoms with Crippen LogP contribution in [0.1, 0.15) is 32.2 Å². The first kappa shape index (κ1) is 16.2. The summed E-state index contributed by atoms with van der Waals surface area (Å²) in [5.41, 5.74) is 2.11. The third-order valence-corrected chi connectivity index (χ3v) is 5.34. The van der Waals surface area contributed by atoms with Crippen LogP contribution in [0.4, 0.5) is 11.6 Å². The number of fused-ring (bicyclic) bond motifs is 1. The molecule has 0 amide bonds. The molecule has 0 bridgehead atoms. The van der Waals surface area contributed by atoms with E-state index in [0.717, 1.165) is 49.2 Å². The molecule has 2 aromatic rings. The van der Waals surface area contributed by atoms with Crippen LogP contribution in [0.3, 0.4) is 0 Å². The first-order chi connectivity index (χ1) is 11.9. The largest absolute Gasteiger partial charge is 0.356 e. The Morgan fingerprint density at radius 2 is 1.52 bits per heavy atom. The van der Waals surface area contributed by atoms with E-state index < -0.39 is 0 Å². The number of hydrogen-bond donors (Lipinski definition) is 0. The fraction of sp³-hybridized carbons (Fsp3) is 0.579. The van der Waals surface area contributed by atoms with Crippen LogP contribution in [-0.4, -0.2) is 46.3 Å². The van der Waals surface area contributed by atoms with Crippen LogP contribution in [0.2, 0.25) is 0 Å². The van der Waals surface area contributed by atoms with E-state index >= 15 is 0 Å². The van der Waals surface area contributed by atoms with Gasteiger partial charge in [0.05, 0.1) is 5.69 Å². The van der Waals surface area contributed by atoms with E-state index in [9.17, 15) is 0 Å². The Hall–Kier alpha value is -2.24. The molecule has 6 heteroatoms. The lowest BCUT2D eigenvalue weighted by atomic mass is 9.92. The molecule has 0 aliphatic carbocycles. The van der Waals surface area contributed by atoms with Crippen molar-refractivity contribution in [2.24, 2.45) is 11.8 Å². The van der Waals surface area contributed by atoms with Gasteiger partial charge in [0.2, 0.25) is 0 Å². The van der Waals surface area contributed by atoms with E-state index in [-0.39, 0.29) is 5.41 Å². The molecule has 2 aromatic heterocycles.